The summed E-state index contributed by atoms with van der Waals surface area (Å²) in [4.78, 5) is 8.54. The highest BCUT2D eigenvalue weighted by Gasteiger charge is 2.16. The minimum absolute atomic E-state index is 0.772. The van der Waals surface area contributed by atoms with E-state index in [1.165, 1.54) is 25.7 Å². The minimum Gasteiger partial charge on any atom is -0.370 e. The first-order chi connectivity index (χ1) is 7.88. The molecule has 1 aromatic heterocycles. The second kappa shape index (κ2) is 6.09. The van der Waals surface area contributed by atoms with Crippen molar-refractivity contribution in [3.8, 4) is 0 Å². The Bertz CT molecular complexity index is 324. The van der Waals surface area contributed by atoms with E-state index in [1.807, 2.05) is 11.8 Å². The molecule has 4 heteroatoms. The van der Waals surface area contributed by atoms with Gasteiger partial charge in [-0.25, -0.2) is 9.97 Å². The largest absolute Gasteiger partial charge is 0.370 e. The summed E-state index contributed by atoms with van der Waals surface area (Å²) in [6.07, 6.45) is 8.22. The number of hydrogen-bond acceptors (Lipinski definition) is 4. The third-order valence-electron chi connectivity index (χ3n) is 2.79. The molecule has 1 N–H and O–H groups in total. The molecular weight excluding hydrogens is 218 g/mol. The monoisotopic (exact) mass is 237 g/mol. The van der Waals surface area contributed by atoms with E-state index in [0.29, 0.717) is 0 Å². The third kappa shape index (κ3) is 3.37. The lowest BCUT2D eigenvalue weighted by Gasteiger charge is -2.09. The van der Waals surface area contributed by atoms with Crippen LogP contribution >= 0.6 is 11.8 Å². The van der Waals surface area contributed by atoms with Crippen molar-refractivity contribution in [1.29, 1.82) is 0 Å². The quantitative estimate of drug-likeness (QED) is 0.797. The first-order valence-corrected chi connectivity index (χ1v) is 6.99. The van der Waals surface area contributed by atoms with E-state index in [-0.39, 0.29) is 0 Å². The maximum atomic E-state index is 4.32. The van der Waals surface area contributed by atoms with Gasteiger partial charge in [0.1, 0.15) is 17.2 Å². The molecule has 1 saturated carbocycles. The van der Waals surface area contributed by atoms with Gasteiger partial charge in [0.2, 0.25) is 0 Å². The van der Waals surface area contributed by atoms with Gasteiger partial charge in [-0.1, -0.05) is 19.8 Å². The number of nitrogens with one attached hydrogen (secondary N) is 1. The molecule has 1 aliphatic rings. The highest BCUT2D eigenvalue weighted by atomic mass is 32.2. The van der Waals surface area contributed by atoms with Crippen LogP contribution in [-0.4, -0.2) is 21.8 Å². The van der Waals surface area contributed by atoms with Crippen molar-refractivity contribution < 1.29 is 0 Å². The van der Waals surface area contributed by atoms with Crippen LogP contribution in [0.3, 0.4) is 0 Å². The molecule has 16 heavy (non-hydrogen) atoms. The van der Waals surface area contributed by atoms with Crippen LogP contribution in [0.2, 0.25) is 0 Å². The molecule has 0 spiro atoms. The summed E-state index contributed by atoms with van der Waals surface area (Å²) in [7, 11) is 0. The summed E-state index contributed by atoms with van der Waals surface area (Å²) >= 11 is 1.91. The normalized spacial score (nSPS) is 16.6. The average Bonchev–Trinajstić information content (AvgIpc) is 2.80. The number of thioether (sulfide) groups is 1. The second-order valence-corrected chi connectivity index (χ2v) is 5.51. The highest BCUT2D eigenvalue weighted by molar-refractivity contribution is 7.99. The van der Waals surface area contributed by atoms with Gasteiger partial charge in [-0.2, -0.15) is 0 Å². The Morgan fingerprint density at radius 3 is 2.94 bits per heavy atom. The number of aromatic nitrogens is 2. The Balaban J connectivity index is 1.92. The van der Waals surface area contributed by atoms with E-state index in [4.69, 9.17) is 0 Å². The Morgan fingerprint density at radius 2 is 2.19 bits per heavy atom. The van der Waals surface area contributed by atoms with Crippen LogP contribution in [0.5, 0.6) is 0 Å². The molecule has 1 fully saturated rings. The SMILES string of the molecule is CCCNc1cc(SC2CCCC2)ncn1. The number of nitrogens with zero attached hydrogens (tertiary/aromatic N) is 2. The maximum absolute atomic E-state index is 4.32. The minimum atomic E-state index is 0.772. The Morgan fingerprint density at radius 1 is 1.38 bits per heavy atom. The topological polar surface area (TPSA) is 37.8 Å². The van der Waals surface area contributed by atoms with Gasteiger partial charge in [0.15, 0.2) is 0 Å². The fourth-order valence-corrected chi connectivity index (χ4v) is 3.13. The lowest BCUT2D eigenvalue weighted by atomic mass is 10.4. The lowest BCUT2D eigenvalue weighted by molar-refractivity contribution is 0.886. The van der Waals surface area contributed by atoms with Gasteiger partial charge in [-0.15, -0.1) is 11.8 Å². The number of hydrogen-bond donors (Lipinski definition) is 1. The molecule has 0 radical (unpaired) electrons. The van der Waals surface area contributed by atoms with Crippen molar-refractivity contribution in [3.05, 3.63) is 12.4 Å². The summed E-state index contributed by atoms with van der Waals surface area (Å²) in [6, 6.07) is 2.07. The van der Waals surface area contributed by atoms with Crippen LogP contribution in [0.15, 0.2) is 17.4 Å². The molecule has 0 saturated heterocycles. The van der Waals surface area contributed by atoms with Crippen molar-refractivity contribution in [2.24, 2.45) is 0 Å². The Labute approximate surface area is 101 Å². The zero-order chi connectivity index (χ0) is 11.2. The maximum Gasteiger partial charge on any atom is 0.130 e. The molecular formula is C12H19N3S. The standard InChI is InChI=1S/C12H19N3S/c1-2-7-13-11-8-12(15-9-14-11)16-10-5-3-4-6-10/h8-10H,2-7H2,1H3,(H,13,14,15). The fourth-order valence-electron chi connectivity index (χ4n) is 1.93. The van der Waals surface area contributed by atoms with Gasteiger partial charge in [-0.3, -0.25) is 0 Å². The summed E-state index contributed by atoms with van der Waals surface area (Å²) in [5.41, 5.74) is 0. The van der Waals surface area contributed by atoms with Crippen LogP contribution in [0.4, 0.5) is 5.82 Å². The Hall–Kier alpha value is -0.770. The van der Waals surface area contributed by atoms with Crippen molar-refractivity contribution in [1.82, 2.24) is 9.97 Å². The van der Waals surface area contributed by atoms with E-state index >= 15 is 0 Å². The summed E-state index contributed by atoms with van der Waals surface area (Å²) in [5, 5.41) is 5.18. The van der Waals surface area contributed by atoms with Gasteiger partial charge in [0.25, 0.3) is 0 Å². The van der Waals surface area contributed by atoms with Crippen molar-refractivity contribution >= 4 is 17.6 Å². The van der Waals surface area contributed by atoms with E-state index in [1.54, 1.807) is 6.33 Å². The van der Waals surface area contributed by atoms with E-state index in [2.05, 4.69) is 28.3 Å². The lowest BCUT2D eigenvalue weighted by Crippen LogP contribution is -2.03. The molecule has 0 atom stereocenters. The molecule has 0 aromatic carbocycles. The molecule has 1 aromatic rings. The second-order valence-electron chi connectivity index (χ2n) is 4.19. The zero-order valence-electron chi connectivity index (χ0n) is 9.78. The smallest absolute Gasteiger partial charge is 0.130 e. The predicted molar refractivity (Wildman–Crippen MR) is 68.9 cm³/mol. The zero-order valence-corrected chi connectivity index (χ0v) is 10.6. The fraction of sp³-hybridized carbons (Fsp3) is 0.667. The molecule has 2 rings (SSSR count). The van der Waals surface area contributed by atoms with Crippen LogP contribution in [-0.2, 0) is 0 Å². The van der Waals surface area contributed by atoms with Crippen LogP contribution in [0.25, 0.3) is 0 Å². The highest BCUT2D eigenvalue weighted by Crippen LogP contribution is 2.33. The predicted octanol–water partition coefficient (Wildman–Crippen LogP) is 3.33. The van der Waals surface area contributed by atoms with E-state index in [9.17, 15) is 0 Å². The van der Waals surface area contributed by atoms with Crippen molar-refractivity contribution in [2.45, 2.75) is 49.3 Å². The van der Waals surface area contributed by atoms with Crippen LogP contribution in [0, 0.1) is 0 Å². The summed E-state index contributed by atoms with van der Waals surface area (Å²) in [6.45, 7) is 3.13. The van der Waals surface area contributed by atoms with Gasteiger partial charge in [0.05, 0.1) is 0 Å². The molecule has 1 aliphatic carbocycles. The molecule has 0 unspecified atom stereocenters. The summed E-state index contributed by atoms with van der Waals surface area (Å²) < 4.78 is 0. The molecule has 0 amide bonds. The molecule has 1 heterocycles. The van der Waals surface area contributed by atoms with E-state index in [0.717, 1.165) is 29.1 Å². The molecule has 88 valence electrons. The van der Waals surface area contributed by atoms with Crippen molar-refractivity contribution in [2.75, 3.05) is 11.9 Å². The van der Waals surface area contributed by atoms with Crippen LogP contribution < -0.4 is 5.32 Å². The van der Waals surface area contributed by atoms with Gasteiger partial charge >= 0.3 is 0 Å². The number of anilines is 1. The first kappa shape index (κ1) is 11.7. The molecule has 3 nitrogen and oxygen atoms in total. The third-order valence-corrected chi connectivity index (χ3v) is 4.06. The number of rotatable bonds is 5. The molecule has 0 bridgehead atoms. The van der Waals surface area contributed by atoms with Gasteiger partial charge < -0.3 is 5.32 Å². The van der Waals surface area contributed by atoms with Gasteiger partial charge in [-0.05, 0) is 19.3 Å². The molecule has 0 aliphatic heterocycles. The first-order valence-electron chi connectivity index (χ1n) is 6.11. The Kier molecular flexibility index (Phi) is 4.45. The van der Waals surface area contributed by atoms with Crippen molar-refractivity contribution in [3.63, 3.8) is 0 Å². The van der Waals surface area contributed by atoms with Crippen LogP contribution in [0.1, 0.15) is 39.0 Å². The van der Waals surface area contributed by atoms with E-state index < -0.39 is 0 Å². The average molecular weight is 237 g/mol. The van der Waals surface area contributed by atoms with Gasteiger partial charge in [0, 0.05) is 17.9 Å². The summed E-state index contributed by atoms with van der Waals surface area (Å²) in [5.74, 6) is 0.956.